The van der Waals surface area contributed by atoms with Gasteiger partial charge in [-0.3, -0.25) is 9.79 Å². The van der Waals surface area contributed by atoms with E-state index in [1.54, 1.807) is 0 Å². The Morgan fingerprint density at radius 2 is 2.04 bits per heavy atom. The molecule has 3 rings (SSSR count). The number of rotatable bonds is 4. The second-order valence-electron chi connectivity index (χ2n) is 6.32. The minimum Gasteiger partial charge on any atom is -0.465 e. The lowest BCUT2D eigenvalue weighted by Crippen LogP contribution is -2.44. The van der Waals surface area contributed by atoms with E-state index in [0.29, 0.717) is 32.7 Å². The minimum absolute atomic E-state index is 0.0117. The van der Waals surface area contributed by atoms with Crippen LogP contribution >= 0.6 is 0 Å². The van der Waals surface area contributed by atoms with Crippen molar-refractivity contribution in [2.24, 2.45) is 10.9 Å². The normalized spacial score (nSPS) is 25.8. The fraction of sp³-hybridized carbons (Fsp3) is 0.579. The highest BCUT2D eigenvalue weighted by molar-refractivity contribution is 6.03. The minimum atomic E-state index is -0.633. The molecule has 1 saturated heterocycles. The van der Waals surface area contributed by atoms with E-state index in [1.165, 1.54) is 0 Å². The van der Waals surface area contributed by atoms with E-state index in [-0.39, 0.29) is 17.9 Å². The zero-order chi connectivity index (χ0) is 17.0. The second kappa shape index (κ2) is 7.45. The van der Waals surface area contributed by atoms with Gasteiger partial charge in [0.1, 0.15) is 0 Å². The molecule has 1 aromatic rings. The number of carbonyl (C=O) groups excluding carboxylic acids is 1. The summed E-state index contributed by atoms with van der Waals surface area (Å²) >= 11 is 0. The highest BCUT2D eigenvalue weighted by atomic mass is 16.7. The zero-order valence-electron chi connectivity index (χ0n) is 14.4. The van der Waals surface area contributed by atoms with E-state index in [9.17, 15) is 4.79 Å². The molecule has 1 aliphatic carbocycles. The summed E-state index contributed by atoms with van der Waals surface area (Å²) in [6.45, 7) is 5.41. The number of ether oxygens (including phenoxy) is 3. The van der Waals surface area contributed by atoms with Gasteiger partial charge in [0.2, 0.25) is 0 Å². The second-order valence-corrected chi connectivity index (χ2v) is 6.32. The van der Waals surface area contributed by atoms with Crippen molar-refractivity contribution in [1.82, 2.24) is 0 Å². The first-order chi connectivity index (χ1) is 11.6. The number of hydrogen-bond donors (Lipinski definition) is 0. The summed E-state index contributed by atoms with van der Waals surface area (Å²) in [5.74, 6) is -1.25. The number of esters is 1. The molecule has 1 aliphatic heterocycles. The molecule has 0 radical (unpaired) electrons. The lowest BCUT2D eigenvalue weighted by atomic mass is 9.82. The third-order valence-corrected chi connectivity index (χ3v) is 4.71. The molecule has 2 aliphatic rings. The fourth-order valence-electron chi connectivity index (χ4n) is 3.45. The first-order valence-electron chi connectivity index (χ1n) is 8.69. The maximum atomic E-state index is 12.5. The van der Waals surface area contributed by atoms with Crippen LogP contribution in [-0.4, -0.2) is 37.3 Å². The van der Waals surface area contributed by atoms with Gasteiger partial charge in [-0.15, -0.1) is 0 Å². The van der Waals surface area contributed by atoms with Gasteiger partial charge in [0, 0.05) is 18.6 Å². The highest BCUT2D eigenvalue weighted by Crippen LogP contribution is 2.39. The number of carbonyl (C=O) groups is 1. The van der Waals surface area contributed by atoms with E-state index in [2.05, 4.69) is 19.1 Å². The van der Waals surface area contributed by atoms with E-state index >= 15 is 0 Å². The molecule has 2 unspecified atom stereocenters. The Bertz CT molecular complexity index is 593. The first-order valence-corrected chi connectivity index (χ1v) is 8.69. The van der Waals surface area contributed by atoms with Gasteiger partial charge >= 0.3 is 5.97 Å². The number of aliphatic imine (C=N–C) groups is 1. The average Bonchev–Trinajstić information content (AvgIpc) is 3.05. The molecule has 0 bridgehead atoms. The summed E-state index contributed by atoms with van der Waals surface area (Å²) in [4.78, 5) is 17.3. The van der Waals surface area contributed by atoms with Crippen LogP contribution in [0.4, 0.5) is 0 Å². The molecule has 1 spiro atoms. The van der Waals surface area contributed by atoms with Crippen molar-refractivity contribution < 1.29 is 19.0 Å². The lowest BCUT2D eigenvalue weighted by Gasteiger charge is -2.36. The van der Waals surface area contributed by atoms with Gasteiger partial charge in [-0.1, -0.05) is 30.3 Å². The van der Waals surface area contributed by atoms with Crippen molar-refractivity contribution in [3.63, 3.8) is 0 Å². The Morgan fingerprint density at radius 3 is 2.71 bits per heavy atom. The average molecular weight is 331 g/mol. The summed E-state index contributed by atoms with van der Waals surface area (Å²) in [7, 11) is 0. The van der Waals surface area contributed by atoms with Gasteiger partial charge in [0.15, 0.2) is 5.79 Å². The van der Waals surface area contributed by atoms with Crippen molar-refractivity contribution in [3.8, 4) is 0 Å². The van der Waals surface area contributed by atoms with Crippen molar-refractivity contribution >= 4 is 11.7 Å². The van der Waals surface area contributed by atoms with Gasteiger partial charge in [-0.2, -0.15) is 0 Å². The van der Waals surface area contributed by atoms with Crippen LogP contribution in [0.15, 0.2) is 35.3 Å². The molecule has 1 aromatic carbocycles. The summed E-state index contributed by atoms with van der Waals surface area (Å²) in [6, 6.07) is 10.1. The Balaban J connectivity index is 1.82. The highest BCUT2D eigenvalue weighted by Gasteiger charge is 2.46. The van der Waals surface area contributed by atoms with Crippen LogP contribution in [0.5, 0.6) is 0 Å². The van der Waals surface area contributed by atoms with E-state index in [1.807, 2.05) is 25.1 Å². The Hall–Kier alpha value is -1.72. The van der Waals surface area contributed by atoms with Crippen molar-refractivity contribution in [1.29, 1.82) is 0 Å². The monoisotopic (exact) mass is 331 g/mol. The number of nitrogens with zero attached hydrogens (tertiary/aromatic N) is 1. The van der Waals surface area contributed by atoms with Gasteiger partial charge in [-0.05, 0) is 25.8 Å². The molecule has 0 amide bonds. The predicted molar refractivity (Wildman–Crippen MR) is 90.9 cm³/mol. The smallest absolute Gasteiger partial charge is 0.314 e. The maximum absolute atomic E-state index is 12.5. The summed E-state index contributed by atoms with van der Waals surface area (Å²) in [5.41, 5.74) is 2.04. The molecule has 1 saturated carbocycles. The first kappa shape index (κ1) is 17.1. The van der Waals surface area contributed by atoms with Crippen LogP contribution < -0.4 is 0 Å². The Morgan fingerprint density at radius 1 is 1.33 bits per heavy atom. The number of benzene rings is 1. The lowest BCUT2D eigenvalue weighted by molar-refractivity contribution is -0.182. The molecular formula is C19H25NO4. The summed E-state index contributed by atoms with van der Waals surface area (Å²) < 4.78 is 16.9. The Kier molecular flexibility index (Phi) is 5.31. The van der Waals surface area contributed by atoms with Crippen LogP contribution in [0, 0.1) is 5.92 Å². The zero-order valence-corrected chi connectivity index (χ0v) is 14.4. The van der Waals surface area contributed by atoms with Crippen LogP contribution in [0.3, 0.4) is 0 Å². The van der Waals surface area contributed by atoms with Crippen LogP contribution in [0.1, 0.15) is 44.7 Å². The molecule has 2 atom stereocenters. The topological polar surface area (TPSA) is 57.1 Å². The summed E-state index contributed by atoms with van der Waals surface area (Å²) in [6.07, 6.45) is 1.93. The van der Waals surface area contributed by atoms with E-state index in [4.69, 9.17) is 19.2 Å². The fourth-order valence-corrected chi connectivity index (χ4v) is 3.45. The number of hydrogen-bond acceptors (Lipinski definition) is 5. The van der Waals surface area contributed by atoms with Crippen LogP contribution in [0.2, 0.25) is 0 Å². The van der Waals surface area contributed by atoms with Gasteiger partial charge in [-0.25, -0.2) is 0 Å². The molecule has 2 fully saturated rings. The van der Waals surface area contributed by atoms with E-state index < -0.39 is 5.79 Å². The maximum Gasteiger partial charge on any atom is 0.314 e. The molecular weight excluding hydrogens is 306 g/mol. The van der Waals surface area contributed by atoms with Crippen molar-refractivity contribution in [3.05, 3.63) is 35.9 Å². The van der Waals surface area contributed by atoms with Gasteiger partial charge < -0.3 is 14.2 Å². The molecule has 130 valence electrons. The van der Waals surface area contributed by atoms with Crippen molar-refractivity contribution in [2.45, 2.75) is 44.9 Å². The summed E-state index contributed by atoms with van der Waals surface area (Å²) in [5, 5.41) is 0. The molecule has 5 nitrogen and oxygen atoms in total. The van der Waals surface area contributed by atoms with E-state index in [0.717, 1.165) is 17.7 Å². The molecule has 5 heteroatoms. The van der Waals surface area contributed by atoms with Crippen LogP contribution in [0.25, 0.3) is 0 Å². The Labute approximate surface area is 143 Å². The SMILES string of the molecule is CCOC(=O)C1CC2(CCC1=NC(C)c1ccccc1)OCCO2. The third kappa shape index (κ3) is 3.68. The molecule has 0 N–H and O–H groups in total. The van der Waals surface area contributed by atoms with Crippen molar-refractivity contribution in [2.75, 3.05) is 19.8 Å². The standard InChI is InChI=1S/C19H25NO4/c1-3-22-18(21)16-13-19(23-11-12-24-19)10-9-17(16)20-14(2)15-7-5-4-6-8-15/h4-8,14,16H,3,9-13H2,1-2H3. The van der Waals surface area contributed by atoms with Gasteiger partial charge in [0.05, 0.1) is 31.8 Å². The third-order valence-electron chi connectivity index (χ3n) is 4.71. The quantitative estimate of drug-likeness (QED) is 0.794. The largest absolute Gasteiger partial charge is 0.465 e. The molecule has 0 aromatic heterocycles. The molecule has 24 heavy (non-hydrogen) atoms. The van der Waals surface area contributed by atoms with Gasteiger partial charge in [0.25, 0.3) is 0 Å². The molecule has 1 heterocycles. The van der Waals surface area contributed by atoms with Crippen LogP contribution in [-0.2, 0) is 19.0 Å². The predicted octanol–water partition coefficient (Wildman–Crippen LogP) is 3.29.